The molecule has 1 heterocycles. The molecule has 0 unspecified atom stereocenters. The maximum atomic E-state index is 11.6. The number of nitrogens with zero attached hydrogens (tertiary/aromatic N) is 3. The lowest BCUT2D eigenvalue weighted by molar-refractivity contribution is 0.156. The van der Waals surface area contributed by atoms with Crippen molar-refractivity contribution in [3.63, 3.8) is 0 Å². The van der Waals surface area contributed by atoms with Crippen LogP contribution >= 0.6 is 0 Å². The number of carbonyl (C=O) groups excluding carboxylic acids is 1. The minimum atomic E-state index is -0.615. The van der Waals surface area contributed by atoms with Crippen molar-refractivity contribution in [2.24, 2.45) is 4.99 Å². The van der Waals surface area contributed by atoms with Crippen LogP contribution in [0.15, 0.2) is 47.6 Å². The lowest BCUT2D eigenvalue weighted by atomic mass is 10.3. The van der Waals surface area contributed by atoms with Crippen molar-refractivity contribution in [3.8, 4) is 11.6 Å². The zero-order chi connectivity index (χ0) is 17.2. The molecule has 0 saturated carbocycles. The van der Waals surface area contributed by atoms with Crippen molar-refractivity contribution < 1.29 is 14.3 Å². The molecule has 6 nitrogen and oxygen atoms in total. The fourth-order valence-corrected chi connectivity index (χ4v) is 1.97. The summed E-state index contributed by atoms with van der Waals surface area (Å²) in [7, 11) is 0. The number of benzene rings is 1. The first-order chi connectivity index (χ1) is 11.7. The molecule has 0 aliphatic rings. The predicted molar refractivity (Wildman–Crippen MR) is 91.2 cm³/mol. The Bertz CT molecular complexity index is 711. The number of para-hydroxylation sites is 1. The van der Waals surface area contributed by atoms with Gasteiger partial charge in [-0.3, -0.25) is 0 Å². The standard InChI is InChI=1S/C18H23N3O3/c1-3-5-12-23-17-13-15(20-18(22)24-11-4-2)14-19-21(17)16-9-7-6-8-10-16/h6-10,13-14H,3-5,11-12H2,1-2H3/b20-15+. The molecule has 0 N–H and O–H groups in total. The van der Waals surface area contributed by atoms with Crippen LogP contribution in [0.3, 0.4) is 0 Å². The molecular formula is C18H23N3O3. The van der Waals surface area contributed by atoms with E-state index in [-0.39, 0.29) is 0 Å². The van der Waals surface area contributed by atoms with Gasteiger partial charge in [-0.25, -0.2) is 9.48 Å². The molecule has 0 aliphatic carbocycles. The first-order valence-corrected chi connectivity index (χ1v) is 8.23. The van der Waals surface area contributed by atoms with E-state index in [0.717, 1.165) is 24.9 Å². The first-order valence-electron chi connectivity index (χ1n) is 8.23. The van der Waals surface area contributed by atoms with Crippen LogP contribution in [0.4, 0.5) is 4.79 Å². The number of hydrogen-bond donors (Lipinski definition) is 0. The van der Waals surface area contributed by atoms with Crippen LogP contribution < -0.4 is 10.1 Å². The zero-order valence-corrected chi connectivity index (χ0v) is 14.1. The molecule has 1 amide bonds. The lowest BCUT2D eigenvalue weighted by Crippen LogP contribution is -2.16. The number of unbranched alkanes of at least 4 members (excludes halogenated alkanes) is 1. The van der Waals surface area contributed by atoms with E-state index in [1.54, 1.807) is 10.7 Å². The summed E-state index contributed by atoms with van der Waals surface area (Å²) in [6.07, 6.45) is 3.64. The summed E-state index contributed by atoms with van der Waals surface area (Å²) in [6.45, 7) is 4.96. The Morgan fingerprint density at radius 3 is 2.67 bits per heavy atom. The number of carbonyl (C=O) groups is 1. The second kappa shape index (κ2) is 9.50. The second-order valence-electron chi connectivity index (χ2n) is 5.23. The minimum Gasteiger partial charge on any atom is -0.478 e. The summed E-state index contributed by atoms with van der Waals surface area (Å²) >= 11 is 0. The molecule has 0 radical (unpaired) electrons. The fraction of sp³-hybridized carbons (Fsp3) is 0.389. The van der Waals surface area contributed by atoms with Gasteiger partial charge < -0.3 is 9.47 Å². The fourth-order valence-electron chi connectivity index (χ4n) is 1.97. The summed E-state index contributed by atoms with van der Waals surface area (Å²) in [5.41, 5.74) is 0.879. The molecule has 0 spiro atoms. The molecule has 0 fully saturated rings. The smallest absolute Gasteiger partial charge is 0.434 e. The van der Waals surface area contributed by atoms with Crippen molar-refractivity contribution in [1.29, 1.82) is 0 Å². The van der Waals surface area contributed by atoms with Gasteiger partial charge in [0.15, 0.2) is 0 Å². The van der Waals surface area contributed by atoms with Crippen LogP contribution in [0.25, 0.3) is 5.69 Å². The normalized spacial score (nSPS) is 11.3. The molecule has 0 atom stereocenters. The molecule has 128 valence electrons. The summed E-state index contributed by atoms with van der Waals surface area (Å²) < 4.78 is 12.5. The zero-order valence-electron chi connectivity index (χ0n) is 14.1. The highest BCUT2D eigenvalue weighted by molar-refractivity contribution is 5.68. The largest absolute Gasteiger partial charge is 0.478 e. The monoisotopic (exact) mass is 329 g/mol. The molecule has 1 aromatic carbocycles. The van der Waals surface area contributed by atoms with Crippen molar-refractivity contribution >= 4 is 6.09 Å². The number of hydrogen-bond acceptors (Lipinski definition) is 4. The van der Waals surface area contributed by atoms with Gasteiger partial charge in [-0.2, -0.15) is 10.1 Å². The van der Waals surface area contributed by atoms with E-state index in [0.29, 0.717) is 24.5 Å². The first kappa shape index (κ1) is 17.7. The quantitative estimate of drug-likeness (QED) is 0.729. The van der Waals surface area contributed by atoms with Crippen molar-refractivity contribution in [2.75, 3.05) is 13.2 Å². The Morgan fingerprint density at radius 2 is 1.96 bits per heavy atom. The molecule has 2 rings (SSSR count). The predicted octanol–water partition coefficient (Wildman–Crippen LogP) is 3.50. The van der Waals surface area contributed by atoms with E-state index >= 15 is 0 Å². The van der Waals surface area contributed by atoms with Crippen LogP contribution in [0.5, 0.6) is 5.88 Å². The SMILES string of the molecule is CCCCOc1c/c(=N\C(=O)OCCC)cnn1-c1ccccc1. The van der Waals surface area contributed by atoms with Gasteiger partial charge in [0.1, 0.15) is 0 Å². The minimum absolute atomic E-state index is 0.354. The van der Waals surface area contributed by atoms with Crippen LogP contribution in [0.2, 0.25) is 0 Å². The summed E-state index contributed by atoms with van der Waals surface area (Å²) in [4.78, 5) is 15.5. The second-order valence-corrected chi connectivity index (χ2v) is 5.23. The van der Waals surface area contributed by atoms with Gasteiger partial charge in [-0.15, -0.1) is 0 Å². The molecule has 0 bridgehead atoms. The topological polar surface area (TPSA) is 65.7 Å². The average molecular weight is 329 g/mol. The van der Waals surface area contributed by atoms with Gasteiger partial charge in [0.2, 0.25) is 5.88 Å². The molecule has 0 aliphatic heterocycles. The summed E-state index contributed by atoms with van der Waals surface area (Å²) in [5.74, 6) is 0.541. The van der Waals surface area contributed by atoms with E-state index < -0.39 is 6.09 Å². The van der Waals surface area contributed by atoms with E-state index in [1.807, 2.05) is 37.3 Å². The van der Waals surface area contributed by atoms with E-state index in [9.17, 15) is 4.79 Å². The highest BCUT2D eigenvalue weighted by atomic mass is 16.5. The van der Waals surface area contributed by atoms with Crippen molar-refractivity contribution in [1.82, 2.24) is 9.78 Å². The third-order valence-electron chi connectivity index (χ3n) is 3.18. The van der Waals surface area contributed by atoms with E-state index in [1.165, 1.54) is 6.20 Å². The van der Waals surface area contributed by atoms with Crippen molar-refractivity contribution in [2.45, 2.75) is 33.1 Å². The third kappa shape index (κ3) is 5.22. The Morgan fingerprint density at radius 1 is 1.17 bits per heavy atom. The number of rotatable bonds is 7. The number of ether oxygens (including phenoxy) is 2. The maximum Gasteiger partial charge on any atom is 0.434 e. The van der Waals surface area contributed by atoms with Crippen LogP contribution in [0.1, 0.15) is 33.1 Å². The van der Waals surface area contributed by atoms with Crippen molar-refractivity contribution in [3.05, 3.63) is 48.0 Å². The highest BCUT2D eigenvalue weighted by Crippen LogP contribution is 2.14. The average Bonchev–Trinajstić information content (AvgIpc) is 2.61. The van der Waals surface area contributed by atoms with Gasteiger partial charge in [-0.05, 0) is 25.0 Å². The maximum absolute atomic E-state index is 11.6. The molecule has 0 saturated heterocycles. The highest BCUT2D eigenvalue weighted by Gasteiger charge is 2.06. The molecule has 2 aromatic rings. The third-order valence-corrected chi connectivity index (χ3v) is 3.18. The Labute approximate surface area is 141 Å². The van der Waals surface area contributed by atoms with Crippen LogP contribution in [0, 0.1) is 0 Å². The van der Waals surface area contributed by atoms with Gasteiger partial charge in [0, 0.05) is 6.07 Å². The Hall–Kier alpha value is -2.63. The van der Waals surface area contributed by atoms with Crippen LogP contribution in [-0.4, -0.2) is 29.1 Å². The molecule has 1 aromatic heterocycles. The van der Waals surface area contributed by atoms with E-state index in [2.05, 4.69) is 17.0 Å². The summed E-state index contributed by atoms with van der Waals surface area (Å²) in [6, 6.07) is 11.4. The van der Waals surface area contributed by atoms with Gasteiger partial charge >= 0.3 is 6.09 Å². The van der Waals surface area contributed by atoms with Crippen LogP contribution in [-0.2, 0) is 4.74 Å². The molecular weight excluding hydrogens is 306 g/mol. The molecule has 24 heavy (non-hydrogen) atoms. The lowest BCUT2D eigenvalue weighted by Gasteiger charge is -2.13. The Kier molecular flexibility index (Phi) is 7.01. The number of amides is 1. The summed E-state index contributed by atoms with van der Waals surface area (Å²) in [5, 5.41) is 4.76. The van der Waals surface area contributed by atoms with Gasteiger partial charge in [0.05, 0.1) is 30.5 Å². The molecule has 6 heteroatoms. The van der Waals surface area contributed by atoms with Gasteiger partial charge in [-0.1, -0.05) is 38.5 Å². The number of aromatic nitrogens is 2. The Balaban J connectivity index is 2.31. The van der Waals surface area contributed by atoms with Gasteiger partial charge in [0.25, 0.3) is 0 Å². The van der Waals surface area contributed by atoms with E-state index in [4.69, 9.17) is 9.47 Å².